The normalized spacial score (nSPS) is 21.5. The Kier molecular flexibility index (Phi) is 5.83. The Morgan fingerprint density at radius 2 is 1.95 bits per heavy atom. The maximum absolute atomic E-state index is 12.3. The van der Waals surface area contributed by atoms with Gasteiger partial charge in [-0.25, -0.2) is 17.9 Å². The van der Waals surface area contributed by atoms with E-state index < -0.39 is 21.3 Å². The van der Waals surface area contributed by atoms with Crippen LogP contribution in [-0.2, 0) is 10.0 Å². The van der Waals surface area contributed by atoms with Crippen molar-refractivity contribution >= 4 is 21.7 Å². The average molecular weight is 324 g/mol. The molecule has 5 nitrogen and oxygen atoms in total. The van der Waals surface area contributed by atoms with Crippen molar-refractivity contribution in [3.8, 4) is 0 Å². The van der Waals surface area contributed by atoms with Gasteiger partial charge in [0.05, 0.1) is 5.25 Å². The van der Waals surface area contributed by atoms with Gasteiger partial charge in [0.2, 0.25) is 10.0 Å². The lowest BCUT2D eigenvalue weighted by Crippen LogP contribution is -2.39. The van der Waals surface area contributed by atoms with Crippen LogP contribution in [0.4, 0.5) is 10.5 Å². The van der Waals surface area contributed by atoms with Gasteiger partial charge in [-0.1, -0.05) is 44.4 Å². The van der Waals surface area contributed by atoms with E-state index in [-0.39, 0.29) is 0 Å². The first-order chi connectivity index (χ1) is 10.5. The molecule has 2 rings (SSSR count). The van der Waals surface area contributed by atoms with E-state index in [1.807, 2.05) is 6.07 Å². The summed E-state index contributed by atoms with van der Waals surface area (Å²) in [6, 6.07) is 8.11. The molecule has 1 aliphatic carbocycles. The number of sulfonamides is 1. The van der Waals surface area contributed by atoms with Crippen LogP contribution in [0.1, 0.15) is 45.4 Å². The number of hydrogen-bond donors (Lipinski definition) is 2. The molecule has 2 N–H and O–H groups in total. The van der Waals surface area contributed by atoms with Crippen LogP contribution < -0.4 is 10.0 Å². The molecule has 1 aliphatic rings. The third-order valence-electron chi connectivity index (χ3n) is 4.16. The van der Waals surface area contributed by atoms with Crippen molar-refractivity contribution in [2.45, 2.75) is 50.7 Å². The summed E-state index contributed by atoms with van der Waals surface area (Å²) in [5, 5.41) is 2.09. The number of amides is 2. The molecule has 2 atom stereocenters. The molecule has 1 fully saturated rings. The summed E-state index contributed by atoms with van der Waals surface area (Å²) in [6.07, 6.45) is 5.59. The van der Waals surface area contributed by atoms with Crippen LogP contribution in [0.25, 0.3) is 0 Å². The second-order valence-electron chi connectivity index (χ2n) is 5.91. The van der Waals surface area contributed by atoms with Gasteiger partial charge < -0.3 is 5.32 Å². The van der Waals surface area contributed by atoms with Crippen LogP contribution in [0.5, 0.6) is 0 Å². The van der Waals surface area contributed by atoms with Crippen LogP contribution in [0.3, 0.4) is 0 Å². The van der Waals surface area contributed by atoms with Gasteiger partial charge in [0.25, 0.3) is 0 Å². The zero-order valence-corrected chi connectivity index (χ0v) is 13.7. The summed E-state index contributed by atoms with van der Waals surface area (Å²) in [6.45, 7) is 2.14. The molecule has 0 aliphatic heterocycles. The molecule has 0 aromatic heterocycles. The van der Waals surface area contributed by atoms with Gasteiger partial charge in [0, 0.05) is 5.69 Å². The molecule has 0 saturated heterocycles. The Bertz CT molecular complexity index is 587. The van der Waals surface area contributed by atoms with E-state index >= 15 is 0 Å². The third-order valence-corrected chi connectivity index (χ3v) is 5.94. The summed E-state index contributed by atoms with van der Waals surface area (Å²) >= 11 is 0. The Labute approximate surface area is 132 Å². The largest absolute Gasteiger partial charge is 0.332 e. The topological polar surface area (TPSA) is 75.3 Å². The fraction of sp³-hybridized carbons (Fsp3) is 0.562. The maximum atomic E-state index is 12.3. The average Bonchev–Trinajstić information content (AvgIpc) is 2.95. The summed E-state index contributed by atoms with van der Waals surface area (Å²) in [7, 11) is -3.60. The summed E-state index contributed by atoms with van der Waals surface area (Å²) < 4.78 is 26.7. The van der Waals surface area contributed by atoms with Crippen molar-refractivity contribution in [2.24, 2.45) is 5.92 Å². The predicted molar refractivity (Wildman–Crippen MR) is 88.2 cm³/mol. The van der Waals surface area contributed by atoms with Crippen molar-refractivity contribution in [1.29, 1.82) is 0 Å². The first-order valence-corrected chi connectivity index (χ1v) is 9.43. The minimum Gasteiger partial charge on any atom is -0.307 e. The van der Waals surface area contributed by atoms with Gasteiger partial charge in [0.15, 0.2) is 0 Å². The van der Waals surface area contributed by atoms with Crippen LogP contribution in [0.15, 0.2) is 30.3 Å². The van der Waals surface area contributed by atoms with Gasteiger partial charge in [-0.3, -0.25) is 0 Å². The number of carbonyl (C=O) groups is 1. The van der Waals surface area contributed by atoms with Crippen molar-refractivity contribution in [1.82, 2.24) is 4.72 Å². The SMILES string of the molecule is CCCCC1CCC(S(=O)(=O)NC(=O)Nc2ccccc2)C1. The highest BCUT2D eigenvalue weighted by Crippen LogP contribution is 2.33. The monoisotopic (exact) mass is 324 g/mol. The molecular formula is C16H24N2O3S. The third kappa shape index (κ3) is 4.73. The van der Waals surface area contributed by atoms with E-state index in [1.165, 1.54) is 0 Å². The fourth-order valence-corrected chi connectivity index (χ4v) is 4.40. The number of benzene rings is 1. The number of urea groups is 1. The number of nitrogens with one attached hydrogen (secondary N) is 2. The van der Waals surface area contributed by atoms with E-state index in [0.29, 0.717) is 24.4 Å². The fourth-order valence-electron chi connectivity index (χ4n) is 2.96. The Morgan fingerprint density at radius 1 is 1.23 bits per heavy atom. The van der Waals surface area contributed by atoms with Crippen LogP contribution >= 0.6 is 0 Å². The maximum Gasteiger partial charge on any atom is 0.332 e. The molecule has 1 aromatic carbocycles. The number of carbonyl (C=O) groups excluding carboxylic acids is 1. The van der Waals surface area contributed by atoms with Gasteiger partial charge in [-0.05, 0) is 37.3 Å². The van der Waals surface area contributed by atoms with E-state index in [2.05, 4.69) is 17.0 Å². The number of rotatable bonds is 6. The number of hydrogen-bond acceptors (Lipinski definition) is 3. The minimum absolute atomic E-state index is 0.448. The lowest BCUT2D eigenvalue weighted by Gasteiger charge is -2.14. The first-order valence-electron chi connectivity index (χ1n) is 7.89. The van der Waals surface area contributed by atoms with Crippen molar-refractivity contribution < 1.29 is 13.2 Å². The minimum atomic E-state index is -3.60. The Hall–Kier alpha value is -1.56. The molecular weight excluding hydrogens is 300 g/mol. The quantitative estimate of drug-likeness (QED) is 0.841. The highest BCUT2D eigenvalue weighted by molar-refractivity contribution is 7.90. The highest BCUT2D eigenvalue weighted by atomic mass is 32.2. The molecule has 0 spiro atoms. The second kappa shape index (κ2) is 7.63. The van der Waals surface area contributed by atoms with Crippen LogP contribution in [-0.4, -0.2) is 19.7 Å². The molecule has 22 heavy (non-hydrogen) atoms. The van der Waals surface area contributed by atoms with E-state index in [0.717, 1.165) is 25.7 Å². The predicted octanol–water partition coefficient (Wildman–Crippen LogP) is 3.50. The Morgan fingerprint density at radius 3 is 2.64 bits per heavy atom. The lowest BCUT2D eigenvalue weighted by molar-refractivity contribution is 0.256. The van der Waals surface area contributed by atoms with E-state index in [9.17, 15) is 13.2 Å². The van der Waals surface area contributed by atoms with E-state index in [4.69, 9.17) is 0 Å². The zero-order valence-electron chi connectivity index (χ0n) is 12.9. The van der Waals surface area contributed by atoms with Crippen LogP contribution in [0.2, 0.25) is 0 Å². The molecule has 0 bridgehead atoms. The smallest absolute Gasteiger partial charge is 0.307 e. The second-order valence-corrected chi connectivity index (χ2v) is 7.87. The molecule has 2 amide bonds. The number of unbranched alkanes of at least 4 members (excludes halogenated alkanes) is 1. The van der Waals surface area contributed by atoms with Crippen molar-refractivity contribution in [3.05, 3.63) is 30.3 Å². The number of anilines is 1. The molecule has 122 valence electrons. The van der Waals surface area contributed by atoms with Crippen molar-refractivity contribution in [3.63, 3.8) is 0 Å². The Balaban J connectivity index is 1.87. The van der Waals surface area contributed by atoms with Gasteiger partial charge in [0.1, 0.15) is 0 Å². The molecule has 6 heteroatoms. The molecule has 2 unspecified atom stereocenters. The number of para-hydroxylation sites is 1. The molecule has 0 radical (unpaired) electrons. The van der Waals surface area contributed by atoms with Gasteiger partial charge in [-0.15, -0.1) is 0 Å². The molecule has 1 aromatic rings. The summed E-state index contributed by atoms with van der Waals surface area (Å²) in [5.74, 6) is 0.471. The van der Waals surface area contributed by atoms with Crippen molar-refractivity contribution in [2.75, 3.05) is 5.32 Å². The van der Waals surface area contributed by atoms with E-state index in [1.54, 1.807) is 24.3 Å². The summed E-state index contributed by atoms with van der Waals surface area (Å²) in [5.41, 5.74) is 0.572. The molecule has 0 heterocycles. The standard InChI is InChI=1S/C16H24N2O3S/c1-2-3-7-13-10-11-15(12-13)22(20,21)18-16(19)17-14-8-5-4-6-9-14/h4-6,8-9,13,15H,2-3,7,10-12H2,1H3,(H2,17,18,19). The molecule has 1 saturated carbocycles. The zero-order chi connectivity index (χ0) is 16.0. The van der Waals surface area contributed by atoms with Gasteiger partial charge >= 0.3 is 6.03 Å². The van der Waals surface area contributed by atoms with Crippen LogP contribution in [0, 0.1) is 5.92 Å². The first kappa shape index (κ1) is 16.8. The van der Waals surface area contributed by atoms with Gasteiger partial charge in [-0.2, -0.15) is 0 Å². The lowest BCUT2D eigenvalue weighted by atomic mass is 10.0. The highest BCUT2D eigenvalue weighted by Gasteiger charge is 2.34. The summed E-state index contributed by atoms with van der Waals surface area (Å²) in [4.78, 5) is 11.8.